The van der Waals surface area contributed by atoms with Gasteiger partial charge in [-0.3, -0.25) is 91.1 Å². The Kier molecular flexibility index (Phi) is 35.6. The van der Waals surface area contributed by atoms with E-state index in [9.17, 15) is 106 Å². The Morgan fingerprint density at radius 3 is 1.46 bits per heavy atom. The predicted molar refractivity (Wildman–Crippen MR) is 398 cm³/mol. The molecule has 4 aliphatic heterocycles. The number of fused-ring (bicyclic) bond motifs is 10. The number of aromatic amines is 2. The number of carboxylic acids is 2. The number of nitrogens with one attached hydrogen (secondary N) is 15. The molecule has 2 aromatic heterocycles. The lowest BCUT2D eigenvalue weighted by molar-refractivity contribution is -0.144. The summed E-state index contributed by atoms with van der Waals surface area (Å²) in [7, 11) is 3.08. The van der Waals surface area contributed by atoms with E-state index in [1.807, 2.05) is 0 Å². The zero-order valence-corrected chi connectivity index (χ0v) is 64.5. The van der Waals surface area contributed by atoms with E-state index in [1.54, 1.807) is 13.8 Å². The Balaban J connectivity index is 1.45. The van der Waals surface area contributed by atoms with Gasteiger partial charge in [0.05, 0.1) is 38.6 Å². The molecule has 0 unspecified atom stereocenters. The molecule has 0 aliphatic carbocycles. The monoisotopic (exact) mass is 1650 g/mol. The lowest BCUT2D eigenvalue weighted by Gasteiger charge is -2.31. The SMILES string of the molecule is CC[C@H](C)[C@@H]1NC(=O)[C@H](CCC(=O)O)NC(=O)[C@@H]2CCCN2C(=O)[C@H](Cc2cnc[nH]2)NC(=O)[C@H](CC(=O)O)NC(=O)[C@H](C)NC(=O)[C@H](CC(N)=O)NC(=O)[C@@H]2CSSC[C@H](NC(=O)CN)C(=O)N[C@@H](CSSC[C@@H](C(N)=O)NC1=O)C(=O)N[C@@H](CO)C(=O)N[C@@H](Cc1cnc[nH]1)C(=O)N1CCC[C@H]1C(=O)N[C@@H](C)C(=O)N2. The zero-order valence-electron chi connectivity index (χ0n) is 61.2. The Morgan fingerprint density at radius 2 is 0.973 bits per heavy atom. The number of carboxylic acid groups (broad SMARTS) is 2. The van der Waals surface area contributed by atoms with E-state index in [1.165, 1.54) is 32.0 Å². The molecule has 616 valence electrons. The van der Waals surface area contributed by atoms with Crippen LogP contribution in [0.5, 0.6) is 0 Å². The molecule has 17 amide bonds. The van der Waals surface area contributed by atoms with Crippen LogP contribution in [-0.2, 0) is 104 Å². The third-order valence-electron chi connectivity index (χ3n) is 18.2. The maximum atomic E-state index is 14.8. The van der Waals surface area contributed by atoms with Crippen molar-refractivity contribution in [3.8, 4) is 0 Å². The number of aliphatic carboxylic acids is 2. The topological polar surface area (TPSA) is 683 Å². The Labute approximate surface area is 655 Å². The molecule has 6 heterocycles. The maximum absolute atomic E-state index is 14.8. The first-order chi connectivity index (χ1) is 53.1. The fraction of sp³-hybridized carbons (Fsp3) is 0.609. The molecule has 4 saturated heterocycles. The number of aliphatic hydroxyl groups excluding tert-OH is 1. The second-order valence-electron chi connectivity index (χ2n) is 26.6. The van der Waals surface area contributed by atoms with Crippen LogP contribution in [0.1, 0.15) is 96.9 Å². The van der Waals surface area contributed by atoms with Gasteiger partial charge in [0.25, 0.3) is 0 Å². The summed E-state index contributed by atoms with van der Waals surface area (Å²) in [6, 6.07) is -25.3. The minimum Gasteiger partial charge on any atom is -0.481 e. The quantitative estimate of drug-likeness (QED) is 0.0654. The summed E-state index contributed by atoms with van der Waals surface area (Å²) in [6.45, 7) is 3.39. The summed E-state index contributed by atoms with van der Waals surface area (Å²) in [5.41, 5.74) is 17.5. The second-order valence-corrected chi connectivity index (χ2v) is 31.7. The number of nitrogens with zero attached hydrogens (tertiary/aromatic N) is 4. The first kappa shape index (κ1) is 90.6. The van der Waals surface area contributed by atoms with Crippen molar-refractivity contribution in [1.29, 1.82) is 0 Å². The number of aromatic nitrogens is 4. The standard InChI is InChI=1S/C64H94N22O22S4/c1-5-28(2)49-62(106)81-39(50(67)94)22-109-111-25-42-59(103)80-38(21-87)56(100)79-37(15-32-20-69-27-71-32)64(108)85-12-6-8-43(85)60(104)73-30(4)52(96)82-41(24-112-110-23-40(57(101)83-42)74-46(89)18-65)58(102)77-34(16-45(66)88)54(98)72-29(3)51(95)76-35(17-48(92)93)55(99)78-36(14-31-19-68-26-70-31)63(107)86-13-7-9-44(86)61(105)75-33(53(97)84-49)10-11-47(90)91/h19-20,26-30,33-44,49,87H,5-18,21-25,65H2,1-4H3,(H2,66,88)(H2,67,94)(H,68,70)(H,69,71)(H,72,98)(H,73,104)(H,74,89)(H,75,105)(H,76,95)(H,77,102)(H,78,99)(H,79,100)(H,80,103)(H,81,106)(H,82,96)(H,83,101)(H,84,97)(H,90,91)(H,92,93)/t28-,29-,30-,33-,34-,35-,36-,37-,38-,39-,40-,41-,42-,43-,44-,49-/m0/s1. The number of aliphatic hydroxyl groups is 1. The van der Waals surface area contributed by atoms with Crippen LogP contribution in [0.15, 0.2) is 25.0 Å². The van der Waals surface area contributed by atoms with Gasteiger partial charge in [-0.25, -0.2) is 9.97 Å². The number of rotatable bonds is 17. The number of hydrogen-bond acceptors (Lipinski definition) is 27. The molecule has 112 heavy (non-hydrogen) atoms. The minimum atomic E-state index is -2.05. The largest absolute Gasteiger partial charge is 0.481 e. The van der Waals surface area contributed by atoms with E-state index in [0.29, 0.717) is 0 Å². The van der Waals surface area contributed by atoms with Crippen LogP contribution in [0.3, 0.4) is 0 Å². The van der Waals surface area contributed by atoms with Crippen molar-refractivity contribution < 1.29 is 106 Å². The predicted octanol–water partition coefficient (Wildman–Crippen LogP) is -9.27. The molecule has 16 atom stereocenters. The molecule has 0 radical (unpaired) electrons. The number of carbonyl (C=O) groups is 19. The van der Waals surface area contributed by atoms with Gasteiger partial charge in [-0.05, 0) is 51.9 Å². The molecule has 0 spiro atoms. The van der Waals surface area contributed by atoms with Crippen molar-refractivity contribution in [2.45, 2.75) is 189 Å². The number of carbonyl (C=O) groups excluding carboxylic acids is 17. The van der Waals surface area contributed by atoms with Crippen molar-refractivity contribution in [3.63, 3.8) is 0 Å². The van der Waals surface area contributed by atoms with Crippen LogP contribution in [0, 0.1) is 5.92 Å². The van der Waals surface area contributed by atoms with Crippen LogP contribution >= 0.6 is 43.2 Å². The molecule has 6 rings (SSSR count). The van der Waals surface area contributed by atoms with Gasteiger partial charge in [-0.1, -0.05) is 63.4 Å². The lowest BCUT2D eigenvalue weighted by atomic mass is 9.97. The molecule has 4 aliphatic rings. The normalized spacial score (nSPS) is 28.1. The van der Waals surface area contributed by atoms with Gasteiger partial charge in [-0.2, -0.15) is 0 Å². The van der Waals surface area contributed by atoms with E-state index in [4.69, 9.17) is 17.2 Å². The van der Waals surface area contributed by atoms with Crippen LogP contribution in [-0.4, -0.2) is 297 Å². The van der Waals surface area contributed by atoms with E-state index in [-0.39, 0.29) is 63.0 Å². The summed E-state index contributed by atoms with van der Waals surface area (Å²) >= 11 is 0. The number of primary amides is 2. The number of H-pyrrole nitrogens is 2. The summed E-state index contributed by atoms with van der Waals surface area (Å²) in [5, 5.41) is 62.0. The molecular weight excluding hydrogens is 1560 g/mol. The summed E-state index contributed by atoms with van der Waals surface area (Å²) < 4.78 is 0. The first-order valence-electron chi connectivity index (χ1n) is 35.4. The van der Waals surface area contributed by atoms with E-state index < -0.39 is 277 Å². The fourth-order valence-electron chi connectivity index (χ4n) is 11.8. The average molecular weight is 1650 g/mol. The van der Waals surface area contributed by atoms with E-state index >= 15 is 0 Å². The van der Waals surface area contributed by atoms with Gasteiger partial charge in [0.15, 0.2) is 0 Å². The van der Waals surface area contributed by atoms with Crippen molar-refractivity contribution in [2.75, 3.05) is 49.3 Å². The first-order valence-corrected chi connectivity index (χ1v) is 40.4. The molecule has 24 N–H and O–H groups in total. The molecular formula is C64H94N22O22S4. The van der Waals surface area contributed by atoms with Crippen LogP contribution in [0.4, 0.5) is 0 Å². The van der Waals surface area contributed by atoms with E-state index in [0.717, 1.165) is 59.9 Å². The molecule has 2 aromatic rings. The summed E-state index contributed by atoms with van der Waals surface area (Å²) in [4.78, 5) is 281. The Bertz CT molecular complexity index is 3770. The van der Waals surface area contributed by atoms with Gasteiger partial charge in [0.1, 0.15) is 90.6 Å². The highest BCUT2D eigenvalue weighted by molar-refractivity contribution is 8.77. The third kappa shape index (κ3) is 27.3. The molecule has 48 heteroatoms. The van der Waals surface area contributed by atoms with Crippen LogP contribution in [0.25, 0.3) is 0 Å². The van der Waals surface area contributed by atoms with Gasteiger partial charge in [-0.15, -0.1) is 0 Å². The highest BCUT2D eigenvalue weighted by Crippen LogP contribution is 2.27. The highest BCUT2D eigenvalue weighted by Gasteiger charge is 2.44. The average Bonchev–Trinajstić information content (AvgIpc) is 1.67. The molecule has 0 aromatic carbocycles. The van der Waals surface area contributed by atoms with Crippen LogP contribution in [0.2, 0.25) is 0 Å². The number of imidazole rings is 2. The molecule has 44 nitrogen and oxygen atoms in total. The smallest absolute Gasteiger partial charge is 0.305 e. The Hall–Kier alpha value is -10.3. The summed E-state index contributed by atoms with van der Waals surface area (Å²) in [5.74, 6) is -24.5. The van der Waals surface area contributed by atoms with Gasteiger partial charge in [0, 0.05) is 79.1 Å². The molecule has 2 bridgehead atoms. The van der Waals surface area contributed by atoms with Crippen molar-refractivity contribution >= 4 is 156 Å². The van der Waals surface area contributed by atoms with E-state index in [2.05, 4.69) is 89.1 Å². The lowest BCUT2D eigenvalue weighted by Crippen LogP contribution is -2.61. The van der Waals surface area contributed by atoms with Gasteiger partial charge < -0.3 is 121 Å². The van der Waals surface area contributed by atoms with Crippen molar-refractivity contribution in [1.82, 2.24) is 98.9 Å². The Morgan fingerprint density at radius 1 is 0.527 bits per heavy atom. The number of hydrogen-bond donors (Lipinski definition) is 21. The molecule has 0 saturated carbocycles. The third-order valence-corrected chi connectivity index (χ3v) is 23.0. The van der Waals surface area contributed by atoms with Crippen molar-refractivity contribution in [3.05, 3.63) is 36.4 Å². The minimum absolute atomic E-state index is 0.0241. The van der Waals surface area contributed by atoms with Crippen molar-refractivity contribution in [2.24, 2.45) is 23.1 Å². The van der Waals surface area contributed by atoms with Gasteiger partial charge >= 0.3 is 11.9 Å². The molecule has 4 fully saturated rings. The number of nitrogens with two attached hydrogens (primary N) is 3. The number of amides is 17. The highest BCUT2D eigenvalue weighted by atomic mass is 33.1. The zero-order chi connectivity index (χ0) is 82.6. The fourth-order valence-corrected chi connectivity index (χ4v) is 16.5. The maximum Gasteiger partial charge on any atom is 0.305 e. The van der Waals surface area contributed by atoms with Crippen LogP contribution < -0.4 is 86.3 Å². The summed E-state index contributed by atoms with van der Waals surface area (Å²) in [6.07, 6.45) is 1.39. The van der Waals surface area contributed by atoms with Gasteiger partial charge in [0.2, 0.25) is 100 Å². The second kappa shape index (κ2) is 44.1.